The molecule has 0 aliphatic carbocycles. The summed E-state index contributed by atoms with van der Waals surface area (Å²) in [6.07, 6.45) is 1.48. The van der Waals surface area contributed by atoms with E-state index in [1.807, 2.05) is 19.1 Å². The summed E-state index contributed by atoms with van der Waals surface area (Å²) in [6, 6.07) is 3.89. The molecule has 2 rings (SSSR count). The molecule has 1 aromatic rings. The van der Waals surface area contributed by atoms with Crippen LogP contribution in [0.1, 0.15) is 11.3 Å². The average Bonchev–Trinajstić information content (AvgIpc) is 2.33. The fourth-order valence-corrected chi connectivity index (χ4v) is 1.79. The molecule has 4 heteroatoms. The predicted molar refractivity (Wildman–Crippen MR) is 59.2 cm³/mol. The van der Waals surface area contributed by atoms with E-state index in [0.29, 0.717) is 26.2 Å². The molecular weight excluding hydrogens is 206 g/mol. The molecule has 1 saturated heterocycles. The lowest BCUT2D eigenvalue weighted by molar-refractivity contribution is -0.131. The summed E-state index contributed by atoms with van der Waals surface area (Å²) in [5, 5.41) is 10.0. The van der Waals surface area contributed by atoms with Gasteiger partial charge in [-0.2, -0.15) is 0 Å². The number of aromatic nitrogens is 1. The highest BCUT2D eigenvalue weighted by atomic mass is 16.6. The van der Waals surface area contributed by atoms with Gasteiger partial charge in [-0.15, -0.1) is 0 Å². The molecule has 1 fully saturated rings. The molecule has 16 heavy (non-hydrogen) atoms. The molecule has 2 unspecified atom stereocenters. The van der Waals surface area contributed by atoms with Gasteiger partial charge in [-0.05, 0) is 18.6 Å². The van der Waals surface area contributed by atoms with Crippen molar-refractivity contribution in [2.75, 3.05) is 19.8 Å². The smallest absolute Gasteiger partial charge is 0.107 e. The van der Waals surface area contributed by atoms with Crippen LogP contribution in [-0.4, -0.2) is 42.1 Å². The molecule has 4 nitrogen and oxygen atoms in total. The Morgan fingerprint density at radius 3 is 3.12 bits per heavy atom. The molecule has 1 N–H and O–H groups in total. The van der Waals surface area contributed by atoms with Crippen LogP contribution < -0.4 is 0 Å². The Balaban J connectivity index is 1.96. The van der Waals surface area contributed by atoms with Crippen molar-refractivity contribution in [2.24, 2.45) is 0 Å². The first-order valence-electron chi connectivity index (χ1n) is 5.55. The summed E-state index contributed by atoms with van der Waals surface area (Å²) in [6.45, 7) is 3.63. The largest absolute Gasteiger partial charge is 0.390 e. The second-order valence-electron chi connectivity index (χ2n) is 4.02. The maximum Gasteiger partial charge on any atom is 0.107 e. The Bertz CT molecular complexity index is 337. The molecule has 1 aliphatic heterocycles. The van der Waals surface area contributed by atoms with Crippen molar-refractivity contribution in [2.45, 2.75) is 25.6 Å². The van der Waals surface area contributed by atoms with Gasteiger partial charge in [0.25, 0.3) is 0 Å². The summed E-state index contributed by atoms with van der Waals surface area (Å²) < 4.78 is 10.7. The number of aliphatic hydroxyl groups is 1. The van der Waals surface area contributed by atoms with Crippen molar-refractivity contribution < 1.29 is 14.6 Å². The number of rotatable bonds is 3. The minimum Gasteiger partial charge on any atom is -0.390 e. The van der Waals surface area contributed by atoms with E-state index in [2.05, 4.69) is 4.98 Å². The first kappa shape index (κ1) is 11.5. The normalized spacial score (nSPS) is 23.0. The maximum absolute atomic E-state index is 10.0. The second kappa shape index (κ2) is 5.39. The van der Waals surface area contributed by atoms with Crippen LogP contribution >= 0.6 is 0 Å². The molecule has 2 heterocycles. The van der Waals surface area contributed by atoms with E-state index < -0.39 is 6.10 Å². The summed E-state index contributed by atoms with van der Waals surface area (Å²) in [7, 11) is 0. The van der Waals surface area contributed by atoms with Crippen molar-refractivity contribution in [1.29, 1.82) is 0 Å². The van der Waals surface area contributed by atoms with Crippen molar-refractivity contribution >= 4 is 0 Å². The van der Waals surface area contributed by atoms with Gasteiger partial charge in [-0.25, -0.2) is 0 Å². The Labute approximate surface area is 95.2 Å². The van der Waals surface area contributed by atoms with Crippen LogP contribution in [0.2, 0.25) is 0 Å². The second-order valence-corrected chi connectivity index (χ2v) is 4.02. The van der Waals surface area contributed by atoms with E-state index in [4.69, 9.17) is 9.47 Å². The molecule has 0 aromatic carbocycles. The van der Waals surface area contributed by atoms with Gasteiger partial charge in [0.05, 0.1) is 25.9 Å². The third-order valence-electron chi connectivity index (χ3n) is 2.79. The van der Waals surface area contributed by atoms with Crippen LogP contribution in [-0.2, 0) is 15.9 Å². The van der Waals surface area contributed by atoms with Crippen molar-refractivity contribution in [3.05, 3.63) is 29.6 Å². The molecule has 1 aliphatic rings. The van der Waals surface area contributed by atoms with Gasteiger partial charge in [-0.1, -0.05) is 6.07 Å². The van der Waals surface area contributed by atoms with E-state index in [1.165, 1.54) is 0 Å². The molecule has 0 spiro atoms. The van der Waals surface area contributed by atoms with E-state index in [9.17, 15) is 5.11 Å². The van der Waals surface area contributed by atoms with Crippen LogP contribution in [0.15, 0.2) is 18.3 Å². The SMILES string of the molecule is Cc1cccnc1CC(O)C1COCCO1. The minimum absolute atomic E-state index is 0.227. The molecular formula is C12H17NO3. The zero-order valence-corrected chi connectivity index (χ0v) is 9.43. The fraction of sp³-hybridized carbons (Fsp3) is 0.583. The average molecular weight is 223 g/mol. The van der Waals surface area contributed by atoms with Crippen molar-refractivity contribution in [1.82, 2.24) is 4.98 Å². The predicted octanol–water partition coefficient (Wildman–Crippen LogP) is 0.709. The molecule has 0 saturated carbocycles. The lowest BCUT2D eigenvalue weighted by atomic mass is 10.0. The number of pyridine rings is 1. The van der Waals surface area contributed by atoms with E-state index in [0.717, 1.165) is 11.3 Å². The Kier molecular flexibility index (Phi) is 3.88. The van der Waals surface area contributed by atoms with Gasteiger partial charge in [0.2, 0.25) is 0 Å². The molecule has 0 amide bonds. The third-order valence-corrected chi connectivity index (χ3v) is 2.79. The Morgan fingerprint density at radius 1 is 1.56 bits per heavy atom. The van der Waals surface area contributed by atoms with Gasteiger partial charge in [-0.3, -0.25) is 4.98 Å². The van der Waals surface area contributed by atoms with Crippen LogP contribution in [0.4, 0.5) is 0 Å². The summed E-state index contributed by atoms with van der Waals surface area (Å²) in [4.78, 5) is 4.26. The summed E-state index contributed by atoms with van der Waals surface area (Å²) >= 11 is 0. The van der Waals surface area contributed by atoms with Crippen LogP contribution in [0.3, 0.4) is 0 Å². The minimum atomic E-state index is -0.547. The van der Waals surface area contributed by atoms with E-state index in [-0.39, 0.29) is 6.10 Å². The Hall–Kier alpha value is -0.970. The van der Waals surface area contributed by atoms with E-state index >= 15 is 0 Å². The van der Waals surface area contributed by atoms with Crippen LogP contribution in [0.25, 0.3) is 0 Å². The highest BCUT2D eigenvalue weighted by Gasteiger charge is 2.24. The van der Waals surface area contributed by atoms with Crippen LogP contribution in [0.5, 0.6) is 0 Å². The molecule has 0 radical (unpaired) electrons. The molecule has 2 atom stereocenters. The van der Waals surface area contributed by atoms with Crippen LogP contribution in [0, 0.1) is 6.92 Å². The topological polar surface area (TPSA) is 51.6 Å². The number of hydrogen-bond donors (Lipinski definition) is 1. The highest BCUT2D eigenvalue weighted by molar-refractivity contribution is 5.18. The molecule has 88 valence electrons. The van der Waals surface area contributed by atoms with Crippen molar-refractivity contribution in [3.63, 3.8) is 0 Å². The lowest BCUT2D eigenvalue weighted by Crippen LogP contribution is -2.39. The summed E-state index contributed by atoms with van der Waals surface area (Å²) in [5.74, 6) is 0. The van der Waals surface area contributed by atoms with Gasteiger partial charge >= 0.3 is 0 Å². The zero-order chi connectivity index (χ0) is 11.4. The number of nitrogens with zero attached hydrogens (tertiary/aromatic N) is 1. The first-order valence-corrected chi connectivity index (χ1v) is 5.55. The molecule has 1 aromatic heterocycles. The molecule has 0 bridgehead atoms. The van der Waals surface area contributed by atoms with Gasteiger partial charge in [0, 0.05) is 18.3 Å². The maximum atomic E-state index is 10.0. The highest BCUT2D eigenvalue weighted by Crippen LogP contribution is 2.12. The fourth-order valence-electron chi connectivity index (χ4n) is 1.79. The number of ether oxygens (including phenoxy) is 2. The first-order chi connectivity index (χ1) is 7.77. The standard InChI is InChI=1S/C12H17NO3/c1-9-3-2-4-13-10(9)7-11(14)12-8-15-5-6-16-12/h2-4,11-12,14H,5-8H2,1H3. The van der Waals surface area contributed by atoms with Gasteiger partial charge in [0.15, 0.2) is 0 Å². The summed E-state index contributed by atoms with van der Waals surface area (Å²) in [5.41, 5.74) is 2.02. The Morgan fingerprint density at radius 2 is 2.44 bits per heavy atom. The number of aryl methyl sites for hydroxylation is 1. The monoisotopic (exact) mass is 223 g/mol. The third kappa shape index (κ3) is 2.78. The lowest BCUT2D eigenvalue weighted by Gasteiger charge is -2.27. The zero-order valence-electron chi connectivity index (χ0n) is 9.43. The van der Waals surface area contributed by atoms with E-state index in [1.54, 1.807) is 6.20 Å². The van der Waals surface area contributed by atoms with Crippen molar-refractivity contribution in [3.8, 4) is 0 Å². The number of hydrogen-bond acceptors (Lipinski definition) is 4. The quantitative estimate of drug-likeness (QED) is 0.820. The van der Waals surface area contributed by atoms with Gasteiger partial charge in [0.1, 0.15) is 6.10 Å². The number of aliphatic hydroxyl groups excluding tert-OH is 1. The van der Waals surface area contributed by atoms with Gasteiger partial charge < -0.3 is 14.6 Å².